The highest BCUT2D eigenvalue weighted by atomic mass is 32.2. The molecule has 2 aromatic carbocycles. The molecule has 1 fully saturated rings. The Bertz CT molecular complexity index is 852. The summed E-state index contributed by atoms with van der Waals surface area (Å²) in [5.74, 6) is 0. The molecule has 0 aliphatic carbocycles. The van der Waals surface area contributed by atoms with Crippen LogP contribution in [-0.4, -0.2) is 28.1 Å². The van der Waals surface area contributed by atoms with Crippen LogP contribution in [0.5, 0.6) is 0 Å². The Morgan fingerprint density at radius 2 is 1.59 bits per heavy atom. The van der Waals surface area contributed by atoms with Crippen molar-refractivity contribution in [2.45, 2.75) is 50.8 Å². The molecule has 0 atom stereocenters. The Labute approximate surface area is 163 Å². The lowest BCUT2D eigenvalue weighted by Crippen LogP contribution is -2.26. The van der Waals surface area contributed by atoms with Gasteiger partial charge in [0.2, 0.25) is 10.0 Å². The number of benzene rings is 2. The molecule has 146 valence electrons. The molecular formula is C22H30N2O2S. The fourth-order valence-corrected chi connectivity index (χ4v) is 4.97. The standard InChI is InChI=1S/C22H30N2O2S/c1-18-7-12-22(19(2)17-18)27(25,26)23-14-13-20-8-10-21(11-9-20)24-15-5-3-4-6-16-24/h7-12,17,23H,3-6,13-16H2,1-2H3. The smallest absolute Gasteiger partial charge is 0.240 e. The van der Waals surface area contributed by atoms with Crippen molar-refractivity contribution in [2.24, 2.45) is 0 Å². The minimum atomic E-state index is -3.47. The zero-order valence-corrected chi connectivity index (χ0v) is 17.2. The summed E-state index contributed by atoms with van der Waals surface area (Å²) in [6.45, 7) is 6.47. The highest BCUT2D eigenvalue weighted by Gasteiger charge is 2.16. The van der Waals surface area contributed by atoms with E-state index in [2.05, 4.69) is 33.9 Å². The molecule has 1 saturated heterocycles. The van der Waals surface area contributed by atoms with Gasteiger partial charge in [-0.05, 0) is 62.4 Å². The van der Waals surface area contributed by atoms with E-state index in [9.17, 15) is 8.42 Å². The van der Waals surface area contributed by atoms with Gasteiger partial charge >= 0.3 is 0 Å². The van der Waals surface area contributed by atoms with Crippen LogP contribution in [0.15, 0.2) is 47.4 Å². The van der Waals surface area contributed by atoms with Crippen LogP contribution in [0.1, 0.15) is 42.4 Å². The minimum absolute atomic E-state index is 0.365. The predicted octanol–water partition coefficient (Wildman–Crippen LogP) is 4.20. The highest BCUT2D eigenvalue weighted by Crippen LogP contribution is 2.20. The summed E-state index contributed by atoms with van der Waals surface area (Å²) in [6.07, 6.45) is 5.87. The van der Waals surface area contributed by atoms with E-state index in [0.29, 0.717) is 17.9 Å². The van der Waals surface area contributed by atoms with Crippen molar-refractivity contribution in [3.63, 3.8) is 0 Å². The van der Waals surface area contributed by atoms with Gasteiger partial charge in [0, 0.05) is 25.3 Å². The molecule has 2 aromatic rings. The van der Waals surface area contributed by atoms with Crippen LogP contribution >= 0.6 is 0 Å². The molecule has 0 amide bonds. The molecule has 0 radical (unpaired) electrons. The Morgan fingerprint density at radius 3 is 2.22 bits per heavy atom. The lowest BCUT2D eigenvalue weighted by atomic mass is 10.1. The maximum atomic E-state index is 12.5. The first-order chi connectivity index (χ1) is 13.0. The van der Waals surface area contributed by atoms with Crippen molar-refractivity contribution in [3.05, 3.63) is 59.2 Å². The number of sulfonamides is 1. The second-order valence-electron chi connectivity index (χ2n) is 7.48. The molecule has 0 aromatic heterocycles. The van der Waals surface area contributed by atoms with E-state index in [1.165, 1.54) is 31.4 Å². The topological polar surface area (TPSA) is 49.4 Å². The number of nitrogens with zero attached hydrogens (tertiary/aromatic N) is 1. The molecule has 0 bridgehead atoms. The third-order valence-electron chi connectivity index (χ3n) is 5.23. The van der Waals surface area contributed by atoms with E-state index in [-0.39, 0.29) is 0 Å². The first kappa shape index (κ1) is 19.9. The maximum absolute atomic E-state index is 12.5. The average molecular weight is 387 g/mol. The van der Waals surface area contributed by atoms with E-state index in [1.54, 1.807) is 6.07 Å². The Kier molecular flexibility index (Phi) is 6.55. The van der Waals surface area contributed by atoms with Crippen molar-refractivity contribution < 1.29 is 8.42 Å². The highest BCUT2D eigenvalue weighted by molar-refractivity contribution is 7.89. The van der Waals surface area contributed by atoms with Gasteiger partial charge in [-0.2, -0.15) is 0 Å². The first-order valence-electron chi connectivity index (χ1n) is 9.86. The zero-order valence-electron chi connectivity index (χ0n) is 16.4. The van der Waals surface area contributed by atoms with Gasteiger partial charge in [0.25, 0.3) is 0 Å². The summed E-state index contributed by atoms with van der Waals surface area (Å²) in [6, 6.07) is 14.0. The van der Waals surface area contributed by atoms with Crippen molar-refractivity contribution >= 4 is 15.7 Å². The SMILES string of the molecule is Cc1ccc(S(=O)(=O)NCCc2ccc(N3CCCCCC3)cc2)c(C)c1. The van der Waals surface area contributed by atoms with Gasteiger partial charge in [-0.1, -0.05) is 42.7 Å². The van der Waals surface area contributed by atoms with E-state index in [4.69, 9.17) is 0 Å². The van der Waals surface area contributed by atoms with Crippen molar-refractivity contribution in [3.8, 4) is 0 Å². The summed E-state index contributed by atoms with van der Waals surface area (Å²) < 4.78 is 27.8. The van der Waals surface area contributed by atoms with Gasteiger partial charge in [0.1, 0.15) is 0 Å². The number of aryl methyl sites for hydroxylation is 2. The molecule has 4 nitrogen and oxygen atoms in total. The summed E-state index contributed by atoms with van der Waals surface area (Å²) in [4.78, 5) is 2.82. The number of hydrogen-bond acceptors (Lipinski definition) is 3. The fraction of sp³-hybridized carbons (Fsp3) is 0.455. The van der Waals surface area contributed by atoms with Crippen LogP contribution < -0.4 is 9.62 Å². The first-order valence-corrected chi connectivity index (χ1v) is 11.3. The number of rotatable bonds is 6. The normalized spacial score (nSPS) is 15.6. The van der Waals surface area contributed by atoms with Crippen LogP contribution in [0.25, 0.3) is 0 Å². The molecule has 1 N–H and O–H groups in total. The lowest BCUT2D eigenvalue weighted by molar-refractivity contribution is 0.581. The van der Waals surface area contributed by atoms with Gasteiger partial charge in [0.05, 0.1) is 4.90 Å². The third kappa shape index (κ3) is 5.33. The molecule has 1 heterocycles. The number of hydrogen-bond donors (Lipinski definition) is 1. The minimum Gasteiger partial charge on any atom is -0.372 e. The van der Waals surface area contributed by atoms with Crippen LogP contribution in [0.4, 0.5) is 5.69 Å². The molecule has 1 aliphatic heterocycles. The van der Waals surface area contributed by atoms with Gasteiger partial charge in [-0.3, -0.25) is 0 Å². The molecular weight excluding hydrogens is 356 g/mol. The van der Waals surface area contributed by atoms with Crippen molar-refractivity contribution in [1.29, 1.82) is 0 Å². The summed E-state index contributed by atoms with van der Waals surface area (Å²) in [5, 5.41) is 0. The Hall–Kier alpha value is -1.85. The van der Waals surface area contributed by atoms with E-state index in [0.717, 1.165) is 29.8 Å². The lowest BCUT2D eigenvalue weighted by Gasteiger charge is -2.22. The molecule has 5 heteroatoms. The van der Waals surface area contributed by atoms with Crippen LogP contribution in [-0.2, 0) is 16.4 Å². The van der Waals surface area contributed by atoms with Gasteiger partial charge < -0.3 is 4.90 Å². The second-order valence-corrected chi connectivity index (χ2v) is 9.22. The second kappa shape index (κ2) is 8.89. The van der Waals surface area contributed by atoms with E-state index in [1.807, 2.05) is 26.0 Å². The molecule has 0 saturated carbocycles. The quantitative estimate of drug-likeness (QED) is 0.809. The summed E-state index contributed by atoms with van der Waals surface area (Å²) in [7, 11) is -3.47. The van der Waals surface area contributed by atoms with Crippen LogP contribution in [0, 0.1) is 13.8 Å². The molecule has 3 rings (SSSR count). The van der Waals surface area contributed by atoms with Gasteiger partial charge in [-0.25, -0.2) is 13.1 Å². The van der Waals surface area contributed by atoms with Crippen LogP contribution in [0.3, 0.4) is 0 Å². The van der Waals surface area contributed by atoms with Gasteiger partial charge in [0.15, 0.2) is 0 Å². The van der Waals surface area contributed by atoms with Crippen molar-refractivity contribution in [1.82, 2.24) is 4.72 Å². The average Bonchev–Trinajstić information content (AvgIpc) is 2.91. The summed E-state index contributed by atoms with van der Waals surface area (Å²) >= 11 is 0. The van der Waals surface area contributed by atoms with Gasteiger partial charge in [-0.15, -0.1) is 0 Å². The molecule has 27 heavy (non-hydrogen) atoms. The Balaban J connectivity index is 1.57. The van der Waals surface area contributed by atoms with Crippen LogP contribution in [0.2, 0.25) is 0 Å². The maximum Gasteiger partial charge on any atom is 0.240 e. The monoisotopic (exact) mass is 386 g/mol. The molecule has 1 aliphatic rings. The fourth-order valence-electron chi connectivity index (χ4n) is 3.71. The third-order valence-corrected chi connectivity index (χ3v) is 6.85. The Morgan fingerprint density at radius 1 is 0.926 bits per heavy atom. The molecule has 0 unspecified atom stereocenters. The number of anilines is 1. The number of nitrogens with one attached hydrogen (secondary N) is 1. The molecule has 0 spiro atoms. The van der Waals surface area contributed by atoms with Crippen molar-refractivity contribution in [2.75, 3.05) is 24.5 Å². The predicted molar refractivity (Wildman–Crippen MR) is 112 cm³/mol. The van der Waals surface area contributed by atoms with E-state index < -0.39 is 10.0 Å². The van der Waals surface area contributed by atoms with E-state index >= 15 is 0 Å². The summed E-state index contributed by atoms with van der Waals surface area (Å²) in [5.41, 5.74) is 4.27. The largest absolute Gasteiger partial charge is 0.372 e. The zero-order chi connectivity index (χ0) is 19.3.